The average Bonchev–Trinajstić information content (AvgIpc) is 2.65. The molecule has 90 valence electrons. The van der Waals surface area contributed by atoms with Crippen molar-refractivity contribution in [2.45, 2.75) is 33.7 Å². The van der Waals surface area contributed by atoms with Crippen LogP contribution in [0.4, 0.5) is 0 Å². The molecule has 0 amide bonds. The lowest BCUT2D eigenvalue weighted by Crippen LogP contribution is -2.04. The van der Waals surface area contributed by atoms with E-state index in [0.717, 1.165) is 10.7 Å². The fraction of sp³-hybridized carbons (Fsp3) is 0.357. The lowest BCUT2D eigenvalue weighted by atomic mass is 9.98. The minimum atomic E-state index is 0.0137. The first kappa shape index (κ1) is 12.3. The molecule has 3 heteroatoms. The molecular weight excluding hydrogens is 228 g/mol. The van der Waals surface area contributed by atoms with Crippen LogP contribution in [-0.2, 0) is 0 Å². The molecule has 0 aliphatic heterocycles. The lowest BCUT2D eigenvalue weighted by molar-refractivity contribution is 0.808. The van der Waals surface area contributed by atoms with Crippen LogP contribution in [0.25, 0.3) is 11.3 Å². The average molecular weight is 246 g/mol. The summed E-state index contributed by atoms with van der Waals surface area (Å²) in [5, 5.41) is 3.10. The van der Waals surface area contributed by atoms with Crippen LogP contribution in [0.1, 0.15) is 34.7 Å². The van der Waals surface area contributed by atoms with Crippen LogP contribution < -0.4 is 5.73 Å². The van der Waals surface area contributed by atoms with Gasteiger partial charge in [-0.1, -0.05) is 17.7 Å². The van der Waals surface area contributed by atoms with Crippen molar-refractivity contribution in [3.8, 4) is 11.3 Å². The molecule has 1 aromatic carbocycles. The summed E-state index contributed by atoms with van der Waals surface area (Å²) in [5.41, 5.74) is 12.0. The second-order valence-corrected chi connectivity index (χ2v) is 5.52. The maximum absolute atomic E-state index is 5.85. The van der Waals surface area contributed by atoms with Crippen molar-refractivity contribution in [2.75, 3.05) is 0 Å². The summed E-state index contributed by atoms with van der Waals surface area (Å²) in [4.78, 5) is 4.62. The molecule has 0 radical (unpaired) electrons. The third-order valence-corrected chi connectivity index (χ3v) is 3.89. The van der Waals surface area contributed by atoms with Crippen molar-refractivity contribution in [3.05, 3.63) is 39.2 Å². The number of benzene rings is 1. The summed E-state index contributed by atoms with van der Waals surface area (Å²) in [6, 6.07) is 4.42. The van der Waals surface area contributed by atoms with E-state index in [4.69, 9.17) is 5.73 Å². The summed E-state index contributed by atoms with van der Waals surface area (Å²) in [6.07, 6.45) is 0. The van der Waals surface area contributed by atoms with Crippen molar-refractivity contribution in [2.24, 2.45) is 5.73 Å². The Bertz CT molecular complexity index is 518. The second-order valence-electron chi connectivity index (χ2n) is 4.63. The van der Waals surface area contributed by atoms with Gasteiger partial charge in [-0.2, -0.15) is 0 Å². The van der Waals surface area contributed by atoms with Gasteiger partial charge in [0.15, 0.2) is 0 Å². The Morgan fingerprint density at radius 1 is 1.18 bits per heavy atom. The summed E-state index contributed by atoms with van der Waals surface area (Å²) in [5.74, 6) is 0. The highest BCUT2D eigenvalue weighted by Crippen LogP contribution is 2.30. The molecule has 2 nitrogen and oxygen atoms in total. The zero-order valence-electron chi connectivity index (χ0n) is 10.7. The van der Waals surface area contributed by atoms with E-state index < -0.39 is 0 Å². The number of hydrogen-bond acceptors (Lipinski definition) is 3. The molecule has 1 atom stereocenters. The molecular formula is C14H18N2S. The van der Waals surface area contributed by atoms with Gasteiger partial charge in [0.25, 0.3) is 0 Å². The molecule has 1 unspecified atom stereocenters. The van der Waals surface area contributed by atoms with E-state index in [1.165, 1.54) is 22.3 Å². The van der Waals surface area contributed by atoms with Gasteiger partial charge in [-0.15, -0.1) is 11.3 Å². The Labute approximate surface area is 107 Å². The number of aryl methyl sites for hydroxylation is 3. The van der Waals surface area contributed by atoms with Gasteiger partial charge in [0.2, 0.25) is 0 Å². The highest BCUT2D eigenvalue weighted by atomic mass is 32.1. The molecule has 0 bridgehead atoms. The van der Waals surface area contributed by atoms with Gasteiger partial charge in [-0.3, -0.25) is 0 Å². The van der Waals surface area contributed by atoms with Crippen molar-refractivity contribution in [1.29, 1.82) is 0 Å². The number of nitrogens with zero attached hydrogens (tertiary/aromatic N) is 1. The molecule has 0 aliphatic rings. The zero-order valence-corrected chi connectivity index (χ0v) is 11.6. The topological polar surface area (TPSA) is 38.9 Å². The first-order valence-corrected chi connectivity index (χ1v) is 6.66. The van der Waals surface area contributed by atoms with Gasteiger partial charge >= 0.3 is 0 Å². The molecule has 0 saturated carbocycles. The summed E-state index contributed by atoms with van der Waals surface area (Å²) in [7, 11) is 0. The zero-order chi connectivity index (χ0) is 12.6. The largest absolute Gasteiger partial charge is 0.322 e. The molecule has 1 aromatic heterocycles. The number of thiazole rings is 1. The predicted molar refractivity (Wildman–Crippen MR) is 74.4 cm³/mol. The molecule has 0 spiro atoms. The molecule has 0 fully saturated rings. The van der Waals surface area contributed by atoms with Crippen LogP contribution in [0.5, 0.6) is 0 Å². The Balaban J connectivity index is 2.52. The Kier molecular flexibility index (Phi) is 3.31. The first-order valence-electron chi connectivity index (χ1n) is 5.78. The van der Waals surface area contributed by atoms with Crippen LogP contribution in [-0.4, -0.2) is 4.98 Å². The molecule has 2 rings (SSSR count). The van der Waals surface area contributed by atoms with Crippen molar-refractivity contribution < 1.29 is 0 Å². The summed E-state index contributed by atoms with van der Waals surface area (Å²) >= 11 is 1.64. The van der Waals surface area contributed by atoms with E-state index in [2.05, 4.69) is 43.3 Å². The Morgan fingerprint density at radius 3 is 2.24 bits per heavy atom. The highest BCUT2D eigenvalue weighted by Gasteiger charge is 2.12. The first-order chi connectivity index (χ1) is 7.99. The van der Waals surface area contributed by atoms with Crippen LogP contribution in [0.15, 0.2) is 17.5 Å². The van der Waals surface area contributed by atoms with E-state index in [1.807, 2.05) is 6.92 Å². The third-order valence-electron chi connectivity index (χ3n) is 2.84. The fourth-order valence-corrected chi connectivity index (χ4v) is 2.96. The van der Waals surface area contributed by atoms with Crippen molar-refractivity contribution in [1.82, 2.24) is 4.98 Å². The van der Waals surface area contributed by atoms with Crippen molar-refractivity contribution >= 4 is 11.3 Å². The van der Waals surface area contributed by atoms with Gasteiger partial charge in [-0.05, 0) is 38.8 Å². The van der Waals surface area contributed by atoms with E-state index in [0.29, 0.717) is 0 Å². The van der Waals surface area contributed by atoms with Crippen molar-refractivity contribution in [3.63, 3.8) is 0 Å². The van der Waals surface area contributed by atoms with Gasteiger partial charge in [-0.25, -0.2) is 4.98 Å². The molecule has 0 saturated heterocycles. The highest BCUT2D eigenvalue weighted by molar-refractivity contribution is 7.10. The van der Waals surface area contributed by atoms with Gasteiger partial charge in [0.05, 0.1) is 11.7 Å². The van der Waals surface area contributed by atoms with E-state index in [-0.39, 0.29) is 6.04 Å². The molecule has 0 aliphatic carbocycles. The number of hydrogen-bond donors (Lipinski definition) is 1. The Morgan fingerprint density at radius 2 is 1.76 bits per heavy atom. The number of nitrogens with two attached hydrogens (primary N) is 1. The fourth-order valence-electron chi connectivity index (χ4n) is 2.20. The quantitative estimate of drug-likeness (QED) is 0.876. The molecule has 2 aromatic rings. The monoisotopic (exact) mass is 246 g/mol. The molecule has 1 heterocycles. The van der Waals surface area contributed by atoms with E-state index in [9.17, 15) is 0 Å². The summed E-state index contributed by atoms with van der Waals surface area (Å²) < 4.78 is 0. The minimum Gasteiger partial charge on any atom is -0.322 e. The van der Waals surface area contributed by atoms with Crippen LogP contribution >= 0.6 is 11.3 Å². The van der Waals surface area contributed by atoms with E-state index in [1.54, 1.807) is 11.3 Å². The number of rotatable bonds is 2. The van der Waals surface area contributed by atoms with Gasteiger partial charge in [0, 0.05) is 10.9 Å². The number of aromatic nitrogens is 1. The standard InChI is InChI=1S/C14H18N2S/c1-8-5-9(2)13(10(3)6-8)12-7-17-14(16-12)11(4)15/h5-7,11H,15H2,1-4H3. The third kappa shape index (κ3) is 2.40. The van der Waals surface area contributed by atoms with Crippen LogP contribution in [0, 0.1) is 20.8 Å². The molecule has 17 heavy (non-hydrogen) atoms. The smallest absolute Gasteiger partial charge is 0.110 e. The lowest BCUT2D eigenvalue weighted by Gasteiger charge is -2.08. The maximum Gasteiger partial charge on any atom is 0.110 e. The van der Waals surface area contributed by atoms with Crippen LogP contribution in [0.3, 0.4) is 0 Å². The maximum atomic E-state index is 5.85. The van der Waals surface area contributed by atoms with E-state index >= 15 is 0 Å². The van der Waals surface area contributed by atoms with Gasteiger partial charge < -0.3 is 5.73 Å². The Hall–Kier alpha value is -1.19. The second kappa shape index (κ2) is 4.59. The predicted octanol–water partition coefficient (Wildman–Crippen LogP) is 3.76. The van der Waals surface area contributed by atoms with Gasteiger partial charge in [0.1, 0.15) is 5.01 Å². The summed E-state index contributed by atoms with van der Waals surface area (Å²) in [6.45, 7) is 8.37. The normalized spacial score (nSPS) is 12.8. The van der Waals surface area contributed by atoms with Crippen LogP contribution in [0.2, 0.25) is 0 Å². The minimum absolute atomic E-state index is 0.0137. The SMILES string of the molecule is Cc1cc(C)c(-c2csc(C(C)N)n2)c(C)c1. The molecule has 2 N–H and O–H groups in total.